The third-order valence-electron chi connectivity index (χ3n) is 1.72. The number of esters is 1. The first-order chi connectivity index (χ1) is 7.13. The molecule has 0 saturated carbocycles. The van der Waals surface area contributed by atoms with Gasteiger partial charge in [0.15, 0.2) is 0 Å². The van der Waals surface area contributed by atoms with E-state index in [9.17, 15) is 4.79 Å². The van der Waals surface area contributed by atoms with E-state index in [0.717, 1.165) is 10.7 Å². The molecule has 1 N–H and O–H groups in total. The van der Waals surface area contributed by atoms with Crippen LogP contribution < -0.4 is 5.32 Å². The van der Waals surface area contributed by atoms with Crippen molar-refractivity contribution in [3.63, 3.8) is 0 Å². The first kappa shape index (κ1) is 12.6. The number of rotatable bonds is 5. The minimum Gasteiger partial charge on any atom is -0.468 e. The van der Waals surface area contributed by atoms with Crippen molar-refractivity contribution in [2.24, 2.45) is 0 Å². The van der Waals surface area contributed by atoms with Crippen molar-refractivity contribution in [1.29, 1.82) is 0 Å². The molecule has 1 unspecified atom stereocenters. The highest BCUT2D eigenvalue weighted by atomic mass is 79.9. The maximum absolute atomic E-state index is 11.0. The lowest BCUT2D eigenvalue weighted by Crippen LogP contribution is -2.29. The Hall–Kier alpha value is -0.460. The summed E-state index contributed by atoms with van der Waals surface area (Å²) in [6.45, 7) is 3.17. The number of nitrogens with zero attached hydrogens (tertiary/aromatic N) is 1. The molecule has 0 aromatic carbocycles. The van der Waals surface area contributed by atoms with Crippen LogP contribution >= 0.6 is 27.3 Å². The van der Waals surface area contributed by atoms with E-state index in [2.05, 4.69) is 31.0 Å². The zero-order valence-corrected chi connectivity index (χ0v) is 11.0. The molecule has 1 aromatic rings. The van der Waals surface area contributed by atoms with Crippen molar-refractivity contribution < 1.29 is 9.53 Å². The Bertz CT molecular complexity index is 330. The van der Waals surface area contributed by atoms with Gasteiger partial charge in [-0.05, 0) is 6.92 Å². The molecule has 0 aliphatic rings. The molecule has 84 valence electrons. The van der Waals surface area contributed by atoms with E-state index in [-0.39, 0.29) is 10.8 Å². The van der Waals surface area contributed by atoms with Crippen LogP contribution in [0.5, 0.6) is 0 Å². The van der Waals surface area contributed by atoms with Gasteiger partial charge >= 0.3 is 5.97 Å². The van der Waals surface area contributed by atoms with Crippen LogP contribution in [0.3, 0.4) is 0 Å². The summed E-state index contributed by atoms with van der Waals surface area (Å²) in [7, 11) is 1.38. The van der Waals surface area contributed by atoms with Gasteiger partial charge in [-0.1, -0.05) is 15.9 Å². The largest absolute Gasteiger partial charge is 0.468 e. The van der Waals surface area contributed by atoms with Crippen LogP contribution in [0.15, 0.2) is 5.38 Å². The minimum absolute atomic E-state index is 0.266. The monoisotopic (exact) mass is 292 g/mol. The van der Waals surface area contributed by atoms with Crippen LogP contribution in [0.1, 0.15) is 10.7 Å². The van der Waals surface area contributed by atoms with Crippen molar-refractivity contribution >= 4 is 33.2 Å². The first-order valence-corrected chi connectivity index (χ1v) is 6.26. The average molecular weight is 293 g/mol. The molecular formula is C9H13BrN2O2S. The van der Waals surface area contributed by atoms with Crippen molar-refractivity contribution in [3.8, 4) is 0 Å². The summed E-state index contributed by atoms with van der Waals surface area (Å²) >= 11 is 4.84. The Kier molecular flexibility index (Phi) is 5.21. The first-order valence-electron chi connectivity index (χ1n) is 4.47. The molecule has 15 heavy (non-hydrogen) atoms. The van der Waals surface area contributed by atoms with Gasteiger partial charge in [0.05, 0.1) is 7.11 Å². The topological polar surface area (TPSA) is 51.2 Å². The smallest absolute Gasteiger partial charge is 0.320 e. The summed E-state index contributed by atoms with van der Waals surface area (Å²) in [6, 6.07) is 0. The number of nitrogens with one attached hydrogen (secondary N) is 1. The molecule has 0 amide bonds. The molecule has 1 atom stereocenters. The Morgan fingerprint density at radius 1 is 1.80 bits per heavy atom. The highest BCUT2D eigenvalue weighted by Crippen LogP contribution is 2.08. The quantitative estimate of drug-likeness (QED) is 0.660. The number of alkyl halides is 1. The second-order valence-electron chi connectivity index (χ2n) is 3.00. The number of thiazole rings is 1. The van der Waals surface area contributed by atoms with Gasteiger partial charge in [-0.2, -0.15) is 0 Å². The fraction of sp³-hybridized carbons (Fsp3) is 0.556. The SMILES string of the molecule is COC(=O)C(Br)CNCc1nc(C)cs1. The Morgan fingerprint density at radius 3 is 3.07 bits per heavy atom. The number of aromatic nitrogens is 1. The number of carbonyl (C=O) groups excluding carboxylic acids is 1. The fourth-order valence-electron chi connectivity index (χ4n) is 1.00. The molecular weight excluding hydrogens is 280 g/mol. The van der Waals surface area contributed by atoms with Gasteiger partial charge in [-0.3, -0.25) is 4.79 Å². The van der Waals surface area contributed by atoms with E-state index in [1.165, 1.54) is 7.11 Å². The van der Waals surface area contributed by atoms with Crippen molar-refractivity contribution in [1.82, 2.24) is 10.3 Å². The zero-order chi connectivity index (χ0) is 11.3. The van der Waals surface area contributed by atoms with Gasteiger partial charge < -0.3 is 10.1 Å². The molecule has 0 aliphatic carbocycles. The fourth-order valence-corrected chi connectivity index (χ4v) is 2.16. The van der Waals surface area contributed by atoms with E-state index in [0.29, 0.717) is 13.1 Å². The van der Waals surface area contributed by atoms with E-state index in [1.54, 1.807) is 11.3 Å². The molecule has 0 radical (unpaired) electrons. The molecule has 4 nitrogen and oxygen atoms in total. The van der Waals surface area contributed by atoms with E-state index in [4.69, 9.17) is 0 Å². The van der Waals surface area contributed by atoms with Gasteiger partial charge in [-0.25, -0.2) is 4.98 Å². The lowest BCUT2D eigenvalue weighted by molar-refractivity contribution is -0.139. The van der Waals surface area contributed by atoms with Crippen LogP contribution in [0.2, 0.25) is 0 Å². The van der Waals surface area contributed by atoms with Crippen molar-refractivity contribution in [3.05, 3.63) is 16.1 Å². The third kappa shape index (κ3) is 4.27. The average Bonchev–Trinajstić information content (AvgIpc) is 2.63. The van der Waals surface area contributed by atoms with Gasteiger partial charge in [0.1, 0.15) is 9.83 Å². The normalized spacial score (nSPS) is 12.5. The van der Waals surface area contributed by atoms with Crippen LogP contribution in [0.25, 0.3) is 0 Å². The zero-order valence-electron chi connectivity index (χ0n) is 8.62. The van der Waals surface area contributed by atoms with E-state index >= 15 is 0 Å². The summed E-state index contributed by atoms with van der Waals surface area (Å²) in [5, 5.41) is 6.16. The number of aryl methyl sites for hydroxylation is 1. The number of methoxy groups -OCH3 is 1. The Labute approximate surface area is 101 Å². The number of hydrogen-bond acceptors (Lipinski definition) is 5. The summed E-state index contributed by atoms with van der Waals surface area (Å²) in [6.07, 6.45) is 0. The molecule has 1 rings (SSSR count). The summed E-state index contributed by atoms with van der Waals surface area (Å²) in [4.78, 5) is 15.0. The van der Waals surface area contributed by atoms with Gasteiger partial charge in [0.25, 0.3) is 0 Å². The number of hydrogen-bond donors (Lipinski definition) is 1. The molecule has 0 aliphatic heterocycles. The van der Waals surface area contributed by atoms with E-state index < -0.39 is 0 Å². The number of halogens is 1. The second-order valence-corrected chi connectivity index (χ2v) is 5.05. The molecule has 0 fully saturated rings. The predicted octanol–water partition coefficient (Wildman–Crippen LogP) is 1.48. The highest BCUT2D eigenvalue weighted by molar-refractivity contribution is 9.10. The molecule has 1 aromatic heterocycles. The Balaban J connectivity index is 2.24. The standard InChI is InChI=1S/C9H13BrN2O2S/c1-6-5-15-8(12-6)4-11-3-7(10)9(13)14-2/h5,7,11H,3-4H2,1-2H3. The molecule has 6 heteroatoms. The molecule has 0 spiro atoms. The van der Waals surface area contributed by atoms with Crippen LogP contribution in [0.4, 0.5) is 0 Å². The minimum atomic E-state index is -0.302. The molecule has 0 bridgehead atoms. The summed E-state index contributed by atoms with van der Waals surface area (Å²) in [5.41, 5.74) is 1.03. The van der Waals surface area contributed by atoms with E-state index in [1.807, 2.05) is 12.3 Å². The maximum Gasteiger partial charge on any atom is 0.320 e. The van der Waals surface area contributed by atoms with Gasteiger partial charge in [-0.15, -0.1) is 11.3 Å². The Morgan fingerprint density at radius 2 is 2.53 bits per heavy atom. The van der Waals surface area contributed by atoms with Crippen molar-refractivity contribution in [2.45, 2.75) is 18.3 Å². The van der Waals surface area contributed by atoms with Crippen LogP contribution in [-0.4, -0.2) is 29.4 Å². The number of ether oxygens (including phenoxy) is 1. The maximum atomic E-state index is 11.0. The molecule has 1 heterocycles. The van der Waals surface area contributed by atoms with Crippen LogP contribution in [-0.2, 0) is 16.1 Å². The highest BCUT2D eigenvalue weighted by Gasteiger charge is 2.14. The predicted molar refractivity (Wildman–Crippen MR) is 63.3 cm³/mol. The van der Waals surface area contributed by atoms with Crippen LogP contribution in [0, 0.1) is 6.92 Å². The summed E-state index contributed by atoms with van der Waals surface area (Å²) in [5.74, 6) is -0.266. The van der Waals surface area contributed by atoms with Gasteiger partial charge in [0.2, 0.25) is 0 Å². The van der Waals surface area contributed by atoms with Crippen molar-refractivity contribution in [2.75, 3.05) is 13.7 Å². The molecule has 0 saturated heterocycles. The summed E-state index contributed by atoms with van der Waals surface area (Å²) < 4.78 is 4.58. The number of carbonyl (C=O) groups is 1. The second kappa shape index (κ2) is 6.19. The lowest BCUT2D eigenvalue weighted by Gasteiger charge is -2.07. The third-order valence-corrected chi connectivity index (χ3v) is 3.39. The lowest BCUT2D eigenvalue weighted by atomic mass is 10.4. The van der Waals surface area contributed by atoms with Gasteiger partial charge in [0, 0.05) is 24.2 Å².